The van der Waals surface area contributed by atoms with Gasteiger partial charge in [0.15, 0.2) is 0 Å². The summed E-state index contributed by atoms with van der Waals surface area (Å²) in [7, 11) is -0.562. The first kappa shape index (κ1) is 16.4. The minimum atomic E-state index is -3.63. The number of sulfonamides is 1. The van der Waals surface area contributed by atoms with E-state index in [9.17, 15) is 13.2 Å². The summed E-state index contributed by atoms with van der Waals surface area (Å²) in [4.78, 5) is 17.4. The molecule has 0 aliphatic carbocycles. The summed E-state index contributed by atoms with van der Waals surface area (Å²) in [5.74, 6) is 0.456. The minimum absolute atomic E-state index is 0.102. The van der Waals surface area contributed by atoms with E-state index in [-0.39, 0.29) is 10.5 Å². The summed E-state index contributed by atoms with van der Waals surface area (Å²) in [6, 6.07) is 9.85. The molecule has 0 aliphatic rings. The van der Waals surface area contributed by atoms with Crippen LogP contribution in [0.3, 0.4) is 0 Å². The molecule has 8 nitrogen and oxygen atoms in total. The molecule has 0 spiro atoms. The van der Waals surface area contributed by atoms with Crippen molar-refractivity contribution in [2.45, 2.75) is 4.90 Å². The van der Waals surface area contributed by atoms with Crippen molar-refractivity contribution in [1.82, 2.24) is 24.1 Å². The lowest BCUT2D eigenvalue weighted by Crippen LogP contribution is -2.21. The lowest BCUT2D eigenvalue weighted by molar-refractivity contribution is 0.588. The molecule has 0 saturated heterocycles. The van der Waals surface area contributed by atoms with Gasteiger partial charge in [-0.2, -0.15) is 5.10 Å². The first-order valence-electron chi connectivity index (χ1n) is 7.79. The van der Waals surface area contributed by atoms with Gasteiger partial charge in [-0.15, -0.1) is 0 Å². The van der Waals surface area contributed by atoms with E-state index in [1.54, 1.807) is 43.7 Å². The van der Waals surface area contributed by atoms with Gasteiger partial charge in [-0.3, -0.25) is 14.0 Å². The zero-order chi connectivity index (χ0) is 18.5. The fourth-order valence-corrected chi connectivity index (χ4v) is 3.73. The van der Waals surface area contributed by atoms with Gasteiger partial charge in [0.1, 0.15) is 11.3 Å². The molecule has 0 saturated carbocycles. The molecule has 0 bridgehead atoms. The Kier molecular flexibility index (Phi) is 3.63. The van der Waals surface area contributed by atoms with E-state index in [0.717, 1.165) is 0 Å². The number of nitrogens with zero attached hydrogens (tertiary/aromatic N) is 4. The van der Waals surface area contributed by atoms with Gasteiger partial charge < -0.3 is 0 Å². The van der Waals surface area contributed by atoms with Crippen LogP contribution in [0.15, 0.2) is 58.5 Å². The molecule has 0 aliphatic heterocycles. The highest BCUT2D eigenvalue weighted by Gasteiger charge is 2.19. The number of aromatic nitrogens is 4. The lowest BCUT2D eigenvalue weighted by Gasteiger charge is -2.11. The molecular formula is C17H15N5O3S. The number of fused-ring (bicyclic) bond motifs is 3. The molecule has 0 radical (unpaired) electrons. The van der Waals surface area contributed by atoms with Crippen molar-refractivity contribution < 1.29 is 8.42 Å². The monoisotopic (exact) mass is 369 g/mol. The molecule has 3 aromatic heterocycles. The van der Waals surface area contributed by atoms with Crippen molar-refractivity contribution >= 4 is 31.8 Å². The van der Waals surface area contributed by atoms with Gasteiger partial charge in [-0.05, 0) is 37.4 Å². The molecule has 4 aromatic rings. The molecule has 0 amide bonds. The van der Waals surface area contributed by atoms with Crippen LogP contribution in [0, 0.1) is 0 Å². The zero-order valence-electron chi connectivity index (χ0n) is 14.0. The molecule has 1 N–H and O–H groups in total. The quantitative estimate of drug-likeness (QED) is 0.585. The second-order valence-electron chi connectivity index (χ2n) is 5.78. The summed E-state index contributed by atoms with van der Waals surface area (Å²) in [6.07, 6.45) is 3.22. The number of hydrogen-bond acceptors (Lipinski definition) is 5. The van der Waals surface area contributed by atoms with Crippen LogP contribution >= 0.6 is 0 Å². The highest BCUT2D eigenvalue weighted by Crippen LogP contribution is 2.26. The normalized spacial score (nSPS) is 12.1. The Morgan fingerprint density at radius 1 is 1.12 bits per heavy atom. The van der Waals surface area contributed by atoms with E-state index < -0.39 is 10.0 Å². The first-order valence-corrected chi connectivity index (χ1v) is 9.28. The molecular weight excluding hydrogens is 354 g/mol. The predicted octanol–water partition coefficient (Wildman–Crippen LogP) is 1.18. The Balaban J connectivity index is 2.21. The number of rotatable bonds is 3. The van der Waals surface area contributed by atoms with E-state index in [0.29, 0.717) is 27.6 Å². The van der Waals surface area contributed by atoms with Crippen LogP contribution in [0.5, 0.6) is 0 Å². The summed E-state index contributed by atoms with van der Waals surface area (Å²) in [5.41, 5.74) is 0.728. The molecule has 132 valence electrons. The van der Waals surface area contributed by atoms with E-state index in [1.807, 2.05) is 0 Å². The molecule has 0 atom stereocenters. The van der Waals surface area contributed by atoms with E-state index in [4.69, 9.17) is 0 Å². The fraction of sp³-hybridized carbons (Fsp3) is 0.118. The number of nitrogens with one attached hydrogen (secondary N) is 1. The molecule has 0 unspecified atom stereocenters. The maximum absolute atomic E-state index is 13.0. The smallest absolute Gasteiger partial charge is 0.267 e. The number of aryl methyl sites for hydroxylation is 1. The Morgan fingerprint density at radius 3 is 2.62 bits per heavy atom. The third kappa shape index (κ3) is 2.40. The number of benzene rings is 1. The average molecular weight is 369 g/mol. The molecule has 1 aromatic carbocycles. The summed E-state index contributed by atoms with van der Waals surface area (Å²) in [5, 5.41) is 5.30. The molecule has 4 rings (SSSR count). The first-order chi connectivity index (χ1) is 12.4. The van der Waals surface area contributed by atoms with Crippen LogP contribution in [0.25, 0.3) is 27.6 Å². The Morgan fingerprint density at radius 2 is 1.92 bits per heavy atom. The summed E-state index contributed by atoms with van der Waals surface area (Å²) >= 11 is 0. The van der Waals surface area contributed by atoms with Crippen LogP contribution < -0.4 is 10.3 Å². The molecule has 26 heavy (non-hydrogen) atoms. The van der Waals surface area contributed by atoms with Gasteiger partial charge in [-0.25, -0.2) is 18.1 Å². The van der Waals surface area contributed by atoms with Crippen molar-refractivity contribution in [1.29, 1.82) is 0 Å². The van der Waals surface area contributed by atoms with Gasteiger partial charge in [-0.1, -0.05) is 6.07 Å². The number of hydrogen-bond donors (Lipinski definition) is 1. The average Bonchev–Trinajstić information content (AvgIpc) is 3.05. The van der Waals surface area contributed by atoms with Crippen LogP contribution in [-0.4, -0.2) is 34.8 Å². The van der Waals surface area contributed by atoms with Crippen LogP contribution in [-0.2, 0) is 17.1 Å². The van der Waals surface area contributed by atoms with E-state index >= 15 is 0 Å². The SMILES string of the molecule is CNS(=O)(=O)c1ccc2c(c1)c1nn(C)cc1c(=O)n2-c1ccccn1. The predicted molar refractivity (Wildman–Crippen MR) is 97.9 cm³/mol. The van der Waals surface area contributed by atoms with E-state index in [1.165, 1.54) is 28.4 Å². The molecule has 0 fully saturated rings. The zero-order valence-corrected chi connectivity index (χ0v) is 14.9. The van der Waals surface area contributed by atoms with Crippen LogP contribution in [0.4, 0.5) is 0 Å². The molecule has 9 heteroatoms. The fourth-order valence-electron chi connectivity index (χ4n) is 2.97. The van der Waals surface area contributed by atoms with Gasteiger partial charge in [0.05, 0.1) is 15.8 Å². The number of pyridine rings is 2. The molecule has 3 heterocycles. The van der Waals surface area contributed by atoms with Crippen molar-refractivity contribution in [3.63, 3.8) is 0 Å². The second-order valence-corrected chi connectivity index (χ2v) is 7.67. The van der Waals surface area contributed by atoms with Gasteiger partial charge >= 0.3 is 0 Å². The standard InChI is InChI=1S/C17H15N5O3S/c1-18-26(24,25)11-6-7-14-12(9-11)16-13(10-21(2)20-16)17(23)22(14)15-5-3-4-8-19-15/h3-10,18H,1-2H3. The maximum atomic E-state index is 13.0. The highest BCUT2D eigenvalue weighted by molar-refractivity contribution is 7.89. The van der Waals surface area contributed by atoms with Crippen molar-refractivity contribution in [3.8, 4) is 5.82 Å². The topological polar surface area (TPSA) is 98.9 Å². The van der Waals surface area contributed by atoms with Gasteiger partial charge in [0.25, 0.3) is 5.56 Å². The third-order valence-corrected chi connectivity index (χ3v) is 5.60. The Labute approximate surface area is 148 Å². The second kappa shape index (κ2) is 5.75. The van der Waals surface area contributed by atoms with Crippen LogP contribution in [0.2, 0.25) is 0 Å². The summed E-state index contributed by atoms with van der Waals surface area (Å²) < 4.78 is 29.7. The summed E-state index contributed by atoms with van der Waals surface area (Å²) in [6.45, 7) is 0. The lowest BCUT2D eigenvalue weighted by atomic mass is 10.1. The Bertz CT molecular complexity index is 1310. The van der Waals surface area contributed by atoms with E-state index in [2.05, 4.69) is 14.8 Å². The van der Waals surface area contributed by atoms with Gasteiger partial charge in [0, 0.05) is 24.8 Å². The van der Waals surface area contributed by atoms with Crippen molar-refractivity contribution in [3.05, 3.63) is 59.1 Å². The maximum Gasteiger partial charge on any atom is 0.267 e. The Hall–Kier alpha value is -3.04. The van der Waals surface area contributed by atoms with Gasteiger partial charge in [0.2, 0.25) is 10.0 Å². The van der Waals surface area contributed by atoms with Crippen molar-refractivity contribution in [2.24, 2.45) is 7.05 Å². The van der Waals surface area contributed by atoms with Crippen molar-refractivity contribution in [2.75, 3.05) is 7.05 Å². The third-order valence-electron chi connectivity index (χ3n) is 4.18. The minimum Gasteiger partial charge on any atom is -0.274 e. The highest BCUT2D eigenvalue weighted by atomic mass is 32.2. The largest absolute Gasteiger partial charge is 0.274 e. The van der Waals surface area contributed by atoms with Crippen LogP contribution in [0.1, 0.15) is 0 Å².